The predicted molar refractivity (Wildman–Crippen MR) is 62.4 cm³/mol. The van der Waals surface area contributed by atoms with Gasteiger partial charge >= 0.3 is 0 Å². The van der Waals surface area contributed by atoms with E-state index >= 15 is 0 Å². The molecule has 1 aromatic carbocycles. The van der Waals surface area contributed by atoms with Crippen molar-refractivity contribution < 1.29 is 4.79 Å². The van der Waals surface area contributed by atoms with Crippen molar-refractivity contribution in [2.24, 2.45) is 0 Å². The number of benzene rings is 1. The Balaban J connectivity index is 2.65. The molecular weight excluding hydrogens is 186 g/mol. The van der Waals surface area contributed by atoms with Crippen LogP contribution in [0.3, 0.4) is 0 Å². The number of amides is 1. The second-order valence-corrected chi connectivity index (χ2v) is 3.44. The third kappa shape index (κ3) is 3.58. The first-order valence-corrected chi connectivity index (χ1v) is 5.24. The fraction of sp³-hybridized carbons (Fsp3) is 0.308. The zero-order chi connectivity index (χ0) is 11.1. The fourth-order valence-electron chi connectivity index (χ4n) is 1.41. The average molecular weight is 203 g/mol. The molecule has 80 valence electrons. The fourth-order valence-corrected chi connectivity index (χ4v) is 1.41. The van der Waals surface area contributed by atoms with Crippen molar-refractivity contribution in [2.45, 2.75) is 25.8 Å². The number of nitrogens with one attached hydrogen (secondary N) is 1. The van der Waals surface area contributed by atoms with Crippen LogP contribution in [0.1, 0.15) is 31.4 Å². The van der Waals surface area contributed by atoms with Crippen LogP contribution in [-0.4, -0.2) is 5.91 Å². The van der Waals surface area contributed by atoms with Crippen LogP contribution < -0.4 is 5.32 Å². The summed E-state index contributed by atoms with van der Waals surface area (Å²) >= 11 is 0. The molecule has 0 aliphatic rings. The van der Waals surface area contributed by atoms with E-state index in [1.54, 1.807) is 6.08 Å². The highest BCUT2D eigenvalue weighted by Gasteiger charge is 2.09. The Morgan fingerprint density at radius 2 is 2.13 bits per heavy atom. The van der Waals surface area contributed by atoms with Gasteiger partial charge in [-0.15, -0.1) is 6.58 Å². The summed E-state index contributed by atoms with van der Waals surface area (Å²) < 4.78 is 0. The molecule has 2 heteroatoms. The Labute approximate surface area is 91.0 Å². The second-order valence-electron chi connectivity index (χ2n) is 3.44. The molecule has 1 N–H and O–H groups in total. The maximum Gasteiger partial charge on any atom is 0.220 e. The lowest BCUT2D eigenvalue weighted by Crippen LogP contribution is -2.26. The van der Waals surface area contributed by atoms with Gasteiger partial charge in [0.15, 0.2) is 0 Å². The Morgan fingerprint density at radius 1 is 1.47 bits per heavy atom. The molecule has 0 aliphatic heterocycles. The summed E-state index contributed by atoms with van der Waals surface area (Å²) in [6, 6.07) is 9.76. The Hall–Kier alpha value is -1.57. The van der Waals surface area contributed by atoms with Gasteiger partial charge in [0.1, 0.15) is 0 Å². The number of carbonyl (C=O) groups is 1. The molecule has 15 heavy (non-hydrogen) atoms. The van der Waals surface area contributed by atoms with Crippen molar-refractivity contribution in [1.82, 2.24) is 5.32 Å². The quantitative estimate of drug-likeness (QED) is 0.732. The zero-order valence-corrected chi connectivity index (χ0v) is 9.07. The van der Waals surface area contributed by atoms with E-state index in [1.165, 1.54) is 0 Å². The third-order valence-corrected chi connectivity index (χ3v) is 2.19. The highest BCUT2D eigenvalue weighted by atomic mass is 16.1. The number of rotatable bonds is 5. The first kappa shape index (κ1) is 11.5. The third-order valence-electron chi connectivity index (χ3n) is 2.19. The summed E-state index contributed by atoms with van der Waals surface area (Å²) in [6.45, 7) is 5.73. The molecule has 0 fully saturated rings. The number of hydrogen-bond donors (Lipinski definition) is 1. The molecule has 1 atom stereocenters. The monoisotopic (exact) mass is 203 g/mol. The van der Waals surface area contributed by atoms with E-state index in [2.05, 4.69) is 11.9 Å². The van der Waals surface area contributed by atoms with Gasteiger partial charge < -0.3 is 5.32 Å². The van der Waals surface area contributed by atoms with Crippen LogP contribution in [0.15, 0.2) is 43.0 Å². The predicted octanol–water partition coefficient (Wildman–Crippen LogP) is 2.83. The molecular formula is C13H17NO. The van der Waals surface area contributed by atoms with E-state index in [0.717, 1.165) is 12.0 Å². The van der Waals surface area contributed by atoms with Gasteiger partial charge in [-0.3, -0.25) is 4.79 Å². The van der Waals surface area contributed by atoms with E-state index in [9.17, 15) is 4.79 Å². The van der Waals surface area contributed by atoms with Gasteiger partial charge in [-0.05, 0) is 12.0 Å². The molecule has 1 aromatic rings. The largest absolute Gasteiger partial charge is 0.346 e. The summed E-state index contributed by atoms with van der Waals surface area (Å²) in [4.78, 5) is 11.4. The van der Waals surface area contributed by atoms with Gasteiger partial charge in [0, 0.05) is 6.42 Å². The molecule has 0 spiro atoms. The second kappa shape index (κ2) is 6.02. The molecule has 0 bridgehead atoms. The van der Waals surface area contributed by atoms with Gasteiger partial charge in [0.25, 0.3) is 0 Å². The summed E-state index contributed by atoms with van der Waals surface area (Å²) in [5.74, 6) is 0.0752. The van der Waals surface area contributed by atoms with E-state index < -0.39 is 0 Å². The lowest BCUT2D eigenvalue weighted by atomic mass is 10.1. The van der Waals surface area contributed by atoms with Gasteiger partial charge in [-0.1, -0.05) is 43.3 Å². The molecule has 0 aromatic heterocycles. The lowest BCUT2D eigenvalue weighted by molar-refractivity contribution is -0.121. The van der Waals surface area contributed by atoms with E-state index in [-0.39, 0.29) is 11.9 Å². The van der Waals surface area contributed by atoms with Gasteiger partial charge in [-0.2, -0.15) is 0 Å². The van der Waals surface area contributed by atoms with Gasteiger partial charge in [-0.25, -0.2) is 0 Å². The van der Waals surface area contributed by atoms with Crippen LogP contribution in [0, 0.1) is 0 Å². The Kier molecular flexibility index (Phi) is 4.61. The van der Waals surface area contributed by atoms with Crippen molar-refractivity contribution in [3.8, 4) is 0 Å². The molecule has 0 aliphatic carbocycles. The highest BCUT2D eigenvalue weighted by Crippen LogP contribution is 2.13. The summed E-state index contributed by atoms with van der Waals surface area (Å²) in [6.07, 6.45) is 3.19. The minimum Gasteiger partial charge on any atom is -0.346 e. The molecule has 0 heterocycles. The SMILES string of the molecule is C=CC(NC(=O)CCC)c1ccccc1. The summed E-state index contributed by atoms with van der Waals surface area (Å²) in [5, 5.41) is 2.93. The lowest BCUT2D eigenvalue weighted by Gasteiger charge is -2.14. The average Bonchev–Trinajstić information content (AvgIpc) is 2.27. The minimum absolute atomic E-state index is 0.0752. The van der Waals surface area contributed by atoms with Crippen molar-refractivity contribution in [1.29, 1.82) is 0 Å². The zero-order valence-electron chi connectivity index (χ0n) is 9.07. The van der Waals surface area contributed by atoms with Gasteiger partial charge in [0.2, 0.25) is 5.91 Å². The van der Waals surface area contributed by atoms with Crippen LogP contribution in [0.5, 0.6) is 0 Å². The highest BCUT2D eigenvalue weighted by molar-refractivity contribution is 5.76. The Morgan fingerprint density at radius 3 is 2.67 bits per heavy atom. The van der Waals surface area contributed by atoms with E-state index in [0.29, 0.717) is 6.42 Å². The maximum absolute atomic E-state index is 11.4. The van der Waals surface area contributed by atoms with Crippen molar-refractivity contribution in [3.05, 3.63) is 48.6 Å². The van der Waals surface area contributed by atoms with Crippen molar-refractivity contribution >= 4 is 5.91 Å². The number of carbonyl (C=O) groups excluding carboxylic acids is 1. The number of hydrogen-bond acceptors (Lipinski definition) is 1. The molecule has 1 unspecified atom stereocenters. The molecule has 0 radical (unpaired) electrons. The first-order chi connectivity index (χ1) is 7.27. The molecule has 2 nitrogen and oxygen atoms in total. The van der Waals surface area contributed by atoms with Crippen LogP contribution in [0.4, 0.5) is 0 Å². The van der Waals surface area contributed by atoms with Crippen molar-refractivity contribution in [3.63, 3.8) is 0 Å². The maximum atomic E-state index is 11.4. The molecule has 0 saturated carbocycles. The molecule has 1 rings (SSSR count). The summed E-state index contributed by atoms with van der Waals surface area (Å²) in [7, 11) is 0. The Bertz CT molecular complexity index is 319. The normalized spacial score (nSPS) is 11.8. The van der Waals surface area contributed by atoms with E-state index in [1.807, 2.05) is 37.3 Å². The minimum atomic E-state index is -0.0785. The van der Waals surface area contributed by atoms with E-state index in [4.69, 9.17) is 0 Å². The van der Waals surface area contributed by atoms with Crippen molar-refractivity contribution in [2.75, 3.05) is 0 Å². The standard InChI is InChI=1S/C13H17NO/c1-3-8-13(15)14-12(4-2)11-9-6-5-7-10-11/h4-7,9-10,12H,2-3,8H2,1H3,(H,14,15). The van der Waals surface area contributed by atoms with Crippen LogP contribution in [0.2, 0.25) is 0 Å². The van der Waals surface area contributed by atoms with Crippen LogP contribution >= 0.6 is 0 Å². The first-order valence-electron chi connectivity index (χ1n) is 5.24. The smallest absolute Gasteiger partial charge is 0.220 e. The molecule has 0 saturated heterocycles. The summed E-state index contributed by atoms with van der Waals surface area (Å²) in [5.41, 5.74) is 1.07. The topological polar surface area (TPSA) is 29.1 Å². The molecule has 1 amide bonds. The van der Waals surface area contributed by atoms with Gasteiger partial charge in [0.05, 0.1) is 6.04 Å². The van der Waals surface area contributed by atoms with Crippen LogP contribution in [0.25, 0.3) is 0 Å². The van der Waals surface area contributed by atoms with Crippen LogP contribution in [-0.2, 0) is 4.79 Å².